The summed E-state index contributed by atoms with van der Waals surface area (Å²) in [5.74, 6) is 0.611. The van der Waals surface area contributed by atoms with E-state index in [1.165, 1.54) is 16.9 Å². The predicted molar refractivity (Wildman–Crippen MR) is 106 cm³/mol. The highest BCUT2D eigenvalue weighted by Gasteiger charge is 2.21. The van der Waals surface area contributed by atoms with Crippen LogP contribution in [0, 0.1) is 0 Å². The molecule has 0 bridgehead atoms. The molecule has 1 aromatic carbocycles. The van der Waals surface area contributed by atoms with Crippen molar-refractivity contribution in [1.29, 1.82) is 0 Å². The summed E-state index contributed by atoms with van der Waals surface area (Å²) in [6.45, 7) is 2.73. The molecule has 3 aromatic rings. The van der Waals surface area contributed by atoms with Gasteiger partial charge in [0.25, 0.3) is 5.56 Å². The highest BCUT2D eigenvalue weighted by Crippen LogP contribution is 2.34. The Morgan fingerprint density at radius 3 is 2.76 bits per heavy atom. The summed E-state index contributed by atoms with van der Waals surface area (Å²) >= 11 is 7.64. The Kier molecular flexibility index (Phi) is 4.52. The first-order valence-corrected chi connectivity index (χ1v) is 9.94. The maximum Gasteiger partial charge on any atom is 0.263 e. The van der Waals surface area contributed by atoms with Crippen LogP contribution in [0.5, 0.6) is 0 Å². The number of aromatic nitrogens is 2. The van der Waals surface area contributed by atoms with Gasteiger partial charge >= 0.3 is 0 Å². The van der Waals surface area contributed by atoms with Gasteiger partial charge in [-0.3, -0.25) is 9.36 Å². The van der Waals surface area contributed by atoms with E-state index in [0.717, 1.165) is 41.6 Å². The van der Waals surface area contributed by atoms with Crippen molar-refractivity contribution in [3.05, 3.63) is 50.1 Å². The zero-order valence-electron chi connectivity index (χ0n) is 14.1. The van der Waals surface area contributed by atoms with E-state index in [1.54, 1.807) is 15.9 Å². The average Bonchev–Trinajstić information content (AvgIpc) is 2.98. The van der Waals surface area contributed by atoms with Crippen LogP contribution in [0.1, 0.15) is 36.6 Å². The van der Waals surface area contributed by atoms with E-state index in [0.29, 0.717) is 17.5 Å². The fourth-order valence-electron chi connectivity index (χ4n) is 3.43. The molecule has 2 heterocycles. The van der Waals surface area contributed by atoms with Gasteiger partial charge in [-0.1, -0.05) is 18.5 Å². The Morgan fingerprint density at radius 1 is 1.24 bits per heavy atom. The van der Waals surface area contributed by atoms with Crippen LogP contribution in [0.4, 0.5) is 11.6 Å². The minimum absolute atomic E-state index is 0.0858. The average molecular weight is 374 g/mol. The molecular formula is C19H20ClN3OS. The first-order chi connectivity index (χ1) is 12.2. The molecule has 0 spiro atoms. The quantitative estimate of drug-likeness (QED) is 0.688. The molecule has 0 radical (unpaired) electrons. The molecular weight excluding hydrogens is 354 g/mol. The van der Waals surface area contributed by atoms with Crippen molar-refractivity contribution in [3.63, 3.8) is 0 Å². The Morgan fingerprint density at radius 2 is 2.00 bits per heavy atom. The molecule has 4 nitrogen and oxygen atoms in total. The zero-order chi connectivity index (χ0) is 17.4. The van der Waals surface area contributed by atoms with Crippen LogP contribution in [0.25, 0.3) is 10.2 Å². The summed E-state index contributed by atoms with van der Waals surface area (Å²) < 4.78 is 1.78. The molecule has 1 aliphatic rings. The summed E-state index contributed by atoms with van der Waals surface area (Å²) in [5, 5.41) is 4.83. The van der Waals surface area contributed by atoms with Crippen LogP contribution < -0.4 is 10.9 Å². The molecule has 4 rings (SSSR count). The third kappa shape index (κ3) is 3.07. The van der Waals surface area contributed by atoms with Crippen LogP contribution in [0.15, 0.2) is 29.1 Å². The highest BCUT2D eigenvalue weighted by atomic mass is 35.5. The maximum atomic E-state index is 13.2. The van der Waals surface area contributed by atoms with Gasteiger partial charge in [0, 0.05) is 22.1 Å². The van der Waals surface area contributed by atoms with Crippen molar-refractivity contribution >= 4 is 44.8 Å². The van der Waals surface area contributed by atoms with E-state index in [1.807, 2.05) is 24.3 Å². The first kappa shape index (κ1) is 16.6. The van der Waals surface area contributed by atoms with Gasteiger partial charge in [-0.25, -0.2) is 4.98 Å². The number of hydrogen-bond acceptors (Lipinski definition) is 4. The second-order valence-corrected chi connectivity index (χ2v) is 7.94. The van der Waals surface area contributed by atoms with Gasteiger partial charge in [0.1, 0.15) is 4.83 Å². The second-order valence-electron chi connectivity index (χ2n) is 6.42. The van der Waals surface area contributed by atoms with E-state index in [2.05, 4.69) is 12.2 Å². The minimum atomic E-state index is 0.0858. The molecule has 0 fully saturated rings. The normalized spacial score (nSPS) is 13.8. The van der Waals surface area contributed by atoms with Gasteiger partial charge in [0.2, 0.25) is 5.95 Å². The molecule has 130 valence electrons. The number of hydrogen-bond donors (Lipinski definition) is 1. The number of anilines is 2. The third-order valence-corrected chi connectivity index (χ3v) is 6.06. The van der Waals surface area contributed by atoms with E-state index >= 15 is 0 Å². The standard InChI is InChI=1S/C19H20ClN3OS/c1-2-11-23-18(24)16-14-5-3-4-6-15(14)25-17(16)22-19(23)21-13-9-7-12(20)8-10-13/h7-10H,2-6,11H2,1H3,(H,21,22). The van der Waals surface area contributed by atoms with Crippen molar-refractivity contribution < 1.29 is 0 Å². The van der Waals surface area contributed by atoms with Crippen molar-refractivity contribution in [2.75, 3.05) is 5.32 Å². The molecule has 2 aromatic heterocycles. The lowest BCUT2D eigenvalue weighted by Gasteiger charge is -2.14. The van der Waals surface area contributed by atoms with Crippen molar-refractivity contribution in [2.24, 2.45) is 0 Å². The lowest BCUT2D eigenvalue weighted by molar-refractivity contribution is 0.655. The van der Waals surface area contributed by atoms with Crippen LogP contribution in [0.3, 0.4) is 0 Å². The predicted octanol–water partition coefficient (Wildman–Crippen LogP) is 5.14. The Hall–Kier alpha value is -1.85. The molecule has 0 saturated carbocycles. The molecule has 1 aliphatic carbocycles. The lowest BCUT2D eigenvalue weighted by atomic mass is 9.97. The number of aryl methyl sites for hydroxylation is 2. The largest absolute Gasteiger partial charge is 0.325 e. The number of rotatable bonds is 4. The Balaban J connectivity index is 1.86. The summed E-state index contributed by atoms with van der Waals surface area (Å²) in [4.78, 5) is 20.2. The molecule has 25 heavy (non-hydrogen) atoms. The third-order valence-electron chi connectivity index (χ3n) is 4.62. The summed E-state index contributed by atoms with van der Waals surface area (Å²) in [6, 6.07) is 7.45. The fraction of sp³-hybridized carbons (Fsp3) is 0.368. The van der Waals surface area contributed by atoms with Crippen molar-refractivity contribution in [3.8, 4) is 0 Å². The Labute approximate surface area is 155 Å². The molecule has 0 saturated heterocycles. The van der Waals surface area contributed by atoms with Gasteiger partial charge in [-0.05, 0) is 61.9 Å². The van der Waals surface area contributed by atoms with Crippen molar-refractivity contribution in [1.82, 2.24) is 9.55 Å². The molecule has 0 amide bonds. The van der Waals surface area contributed by atoms with Gasteiger partial charge in [-0.2, -0.15) is 0 Å². The highest BCUT2D eigenvalue weighted by molar-refractivity contribution is 7.18. The molecule has 0 atom stereocenters. The van der Waals surface area contributed by atoms with E-state index in [-0.39, 0.29) is 5.56 Å². The van der Waals surface area contributed by atoms with E-state index in [4.69, 9.17) is 16.6 Å². The van der Waals surface area contributed by atoms with E-state index < -0.39 is 0 Å². The molecule has 6 heteroatoms. The summed E-state index contributed by atoms with van der Waals surface area (Å²) in [6.07, 6.45) is 5.33. The zero-order valence-corrected chi connectivity index (χ0v) is 15.7. The number of thiophene rings is 1. The van der Waals surface area contributed by atoms with Crippen LogP contribution in [-0.2, 0) is 19.4 Å². The molecule has 0 unspecified atom stereocenters. The van der Waals surface area contributed by atoms with Crippen LogP contribution in [-0.4, -0.2) is 9.55 Å². The van der Waals surface area contributed by atoms with Gasteiger partial charge in [-0.15, -0.1) is 11.3 Å². The fourth-order valence-corrected chi connectivity index (χ4v) is 4.81. The minimum Gasteiger partial charge on any atom is -0.325 e. The Bertz CT molecular complexity index is 975. The number of nitrogens with zero attached hydrogens (tertiary/aromatic N) is 2. The lowest BCUT2D eigenvalue weighted by Crippen LogP contribution is -2.24. The summed E-state index contributed by atoms with van der Waals surface area (Å²) in [7, 11) is 0. The first-order valence-electron chi connectivity index (χ1n) is 8.75. The number of halogens is 1. The molecule has 0 aliphatic heterocycles. The van der Waals surface area contributed by atoms with Gasteiger partial charge in [0.05, 0.1) is 5.39 Å². The number of nitrogens with one attached hydrogen (secondary N) is 1. The smallest absolute Gasteiger partial charge is 0.263 e. The topological polar surface area (TPSA) is 46.9 Å². The van der Waals surface area contributed by atoms with Crippen LogP contribution >= 0.6 is 22.9 Å². The van der Waals surface area contributed by atoms with Gasteiger partial charge in [0.15, 0.2) is 0 Å². The van der Waals surface area contributed by atoms with Crippen LogP contribution in [0.2, 0.25) is 5.02 Å². The second kappa shape index (κ2) is 6.81. The van der Waals surface area contributed by atoms with Gasteiger partial charge < -0.3 is 5.32 Å². The maximum absolute atomic E-state index is 13.2. The number of benzene rings is 1. The summed E-state index contributed by atoms with van der Waals surface area (Å²) in [5.41, 5.74) is 2.20. The number of fused-ring (bicyclic) bond motifs is 3. The SMILES string of the molecule is CCCn1c(Nc2ccc(Cl)cc2)nc2sc3c(c2c1=O)CCCC3. The monoisotopic (exact) mass is 373 g/mol. The van der Waals surface area contributed by atoms with Crippen molar-refractivity contribution in [2.45, 2.75) is 45.6 Å². The van der Waals surface area contributed by atoms with E-state index in [9.17, 15) is 4.79 Å². The molecule has 1 N–H and O–H groups in total.